The number of hydrogen-bond acceptors (Lipinski definition) is 5. The van der Waals surface area contributed by atoms with Crippen molar-refractivity contribution in [2.24, 2.45) is 4.99 Å². The Balaban J connectivity index is 1.65. The lowest BCUT2D eigenvalue weighted by Crippen LogP contribution is -2.37. The molecule has 1 aromatic carbocycles. The highest BCUT2D eigenvalue weighted by Crippen LogP contribution is 2.41. The molecule has 2 atom stereocenters. The summed E-state index contributed by atoms with van der Waals surface area (Å²) in [5.41, 5.74) is 0.645. The Morgan fingerprint density at radius 1 is 1.23 bits per heavy atom. The minimum atomic E-state index is -3.12. The number of halogens is 1. The van der Waals surface area contributed by atoms with E-state index in [9.17, 15) is 17.6 Å². The fraction of sp³-hybridized carbons (Fsp3) is 0.294. The molecule has 0 spiro atoms. The predicted octanol–water partition coefficient (Wildman–Crippen LogP) is 2.73. The monoisotopic (exact) mass is 410 g/mol. The maximum absolute atomic E-state index is 13.3. The number of rotatable bonds is 3. The summed E-state index contributed by atoms with van der Waals surface area (Å²) in [6.07, 6.45) is 0.215. The molecular weight excluding hydrogens is 395 g/mol. The molecular formula is C17H15FN2O3S3. The number of carbonyl (C=O) groups is 1. The second-order valence-corrected chi connectivity index (χ2v) is 10.6. The van der Waals surface area contributed by atoms with Crippen molar-refractivity contribution in [2.45, 2.75) is 17.7 Å². The molecule has 26 heavy (non-hydrogen) atoms. The van der Waals surface area contributed by atoms with Gasteiger partial charge in [-0.3, -0.25) is 4.79 Å². The van der Waals surface area contributed by atoms with E-state index in [1.165, 1.54) is 35.2 Å². The average molecular weight is 411 g/mol. The molecule has 2 aliphatic rings. The molecule has 0 aliphatic carbocycles. The second kappa shape index (κ2) is 6.79. The number of hydrogen-bond donors (Lipinski definition) is 0. The summed E-state index contributed by atoms with van der Waals surface area (Å²) >= 11 is 2.81. The second-order valence-electron chi connectivity index (χ2n) is 6.19. The Bertz CT molecular complexity index is 956. The summed E-state index contributed by atoms with van der Waals surface area (Å²) in [6, 6.07) is 9.28. The number of carbonyl (C=O) groups excluding carboxylic acids is 1. The average Bonchev–Trinajstić information content (AvgIpc) is 3.23. The third kappa shape index (κ3) is 3.56. The summed E-state index contributed by atoms with van der Waals surface area (Å²) in [6.45, 7) is 0. The highest BCUT2D eigenvalue weighted by molar-refractivity contribution is 8.16. The number of benzene rings is 1. The topological polar surface area (TPSA) is 66.8 Å². The van der Waals surface area contributed by atoms with E-state index in [0.29, 0.717) is 10.9 Å². The van der Waals surface area contributed by atoms with Gasteiger partial charge in [0.1, 0.15) is 5.82 Å². The first-order valence-electron chi connectivity index (χ1n) is 7.97. The molecule has 1 amide bonds. The SMILES string of the molecule is O=C(Cc1cccs1)N=C1S[C@H]2CS(=O)(=O)C[C@H]2N1c1ccc(F)cc1. The number of thioether (sulfide) groups is 1. The Morgan fingerprint density at radius 3 is 2.69 bits per heavy atom. The van der Waals surface area contributed by atoms with Crippen LogP contribution in [0.1, 0.15) is 4.88 Å². The Hall–Kier alpha value is -1.71. The van der Waals surface area contributed by atoms with Gasteiger partial charge in [-0.1, -0.05) is 17.8 Å². The molecule has 5 nitrogen and oxygen atoms in total. The van der Waals surface area contributed by atoms with Crippen molar-refractivity contribution in [2.75, 3.05) is 16.4 Å². The third-order valence-electron chi connectivity index (χ3n) is 4.30. The minimum absolute atomic E-state index is 0.0141. The molecule has 0 N–H and O–H groups in total. The lowest BCUT2D eigenvalue weighted by molar-refractivity contribution is -0.117. The van der Waals surface area contributed by atoms with Crippen LogP contribution < -0.4 is 4.90 Å². The van der Waals surface area contributed by atoms with Gasteiger partial charge in [0.15, 0.2) is 15.0 Å². The molecule has 0 radical (unpaired) electrons. The number of thiophene rings is 1. The lowest BCUT2D eigenvalue weighted by atomic mass is 10.2. The van der Waals surface area contributed by atoms with E-state index in [-0.39, 0.29) is 40.9 Å². The quantitative estimate of drug-likeness (QED) is 0.778. The number of anilines is 1. The molecule has 2 saturated heterocycles. The summed E-state index contributed by atoms with van der Waals surface area (Å²) in [7, 11) is -3.12. The molecule has 3 heterocycles. The van der Waals surface area contributed by atoms with E-state index in [1.807, 2.05) is 17.5 Å². The first-order valence-corrected chi connectivity index (χ1v) is 11.6. The van der Waals surface area contributed by atoms with Gasteiger partial charge in [0.2, 0.25) is 0 Å². The molecule has 9 heteroatoms. The van der Waals surface area contributed by atoms with E-state index < -0.39 is 9.84 Å². The molecule has 2 aromatic rings. The lowest BCUT2D eigenvalue weighted by Gasteiger charge is -2.24. The minimum Gasteiger partial charge on any atom is -0.316 e. The highest BCUT2D eigenvalue weighted by Gasteiger charge is 2.49. The molecule has 4 rings (SSSR count). The van der Waals surface area contributed by atoms with Crippen molar-refractivity contribution in [1.82, 2.24) is 0 Å². The van der Waals surface area contributed by atoms with Crippen LogP contribution in [0.3, 0.4) is 0 Å². The number of aliphatic imine (C=N–C) groups is 1. The summed E-state index contributed by atoms with van der Waals surface area (Å²) in [5, 5.41) is 2.22. The zero-order chi connectivity index (χ0) is 18.3. The van der Waals surface area contributed by atoms with Crippen LogP contribution in [0.15, 0.2) is 46.8 Å². The Kier molecular flexibility index (Phi) is 4.62. The van der Waals surface area contributed by atoms with Crippen LogP contribution in [0.2, 0.25) is 0 Å². The number of nitrogens with zero attached hydrogens (tertiary/aromatic N) is 2. The zero-order valence-corrected chi connectivity index (χ0v) is 16.0. The number of amidine groups is 1. The van der Waals surface area contributed by atoms with Crippen molar-refractivity contribution in [3.8, 4) is 0 Å². The van der Waals surface area contributed by atoms with Crippen molar-refractivity contribution < 1.29 is 17.6 Å². The van der Waals surface area contributed by atoms with Crippen molar-refractivity contribution in [3.63, 3.8) is 0 Å². The molecule has 0 bridgehead atoms. The molecule has 1 aromatic heterocycles. The standard InChI is InChI=1S/C17H15FN2O3S3/c18-11-3-5-12(6-4-11)20-14-9-26(22,23)10-15(14)25-17(20)19-16(21)8-13-2-1-7-24-13/h1-7,14-15H,8-10H2/t14-,15+/m1/s1. The zero-order valence-electron chi connectivity index (χ0n) is 13.5. The first kappa shape index (κ1) is 17.7. The molecule has 2 aliphatic heterocycles. The van der Waals surface area contributed by atoms with Gasteiger partial charge in [-0.15, -0.1) is 11.3 Å². The van der Waals surface area contributed by atoms with E-state index >= 15 is 0 Å². The molecule has 0 saturated carbocycles. The fourth-order valence-electron chi connectivity index (χ4n) is 3.18. The van der Waals surface area contributed by atoms with Crippen molar-refractivity contribution in [3.05, 3.63) is 52.5 Å². The summed E-state index contributed by atoms with van der Waals surface area (Å²) in [5.74, 6) is -0.563. The Labute approximate surface area is 158 Å². The van der Waals surface area contributed by atoms with Gasteiger partial charge in [0.05, 0.1) is 24.0 Å². The maximum atomic E-state index is 13.3. The van der Waals surface area contributed by atoms with Crippen LogP contribution >= 0.6 is 23.1 Å². The van der Waals surface area contributed by atoms with Gasteiger partial charge in [0, 0.05) is 15.8 Å². The molecule has 136 valence electrons. The van der Waals surface area contributed by atoms with Gasteiger partial charge in [-0.2, -0.15) is 4.99 Å². The predicted molar refractivity (Wildman–Crippen MR) is 103 cm³/mol. The largest absolute Gasteiger partial charge is 0.316 e. The van der Waals surface area contributed by atoms with Crippen LogP contribution in [0.5, 0.6) is 0 Å². The van der Waals surface area contributed by atoms with Gasteiger partial charge in [-0.05, 0) is 35.7 Å². The fourth-order valence-corrected chi connectivity index (χ4v) is 7.80. The van der Waals surface area contributed by atoms with Gasteiger partial charge >= 0.3 is 0 Å². The van der Waals surface area contributed by atoms with Crippen LogP contribution in [0.25, 0.3) is 0 Å². The maximum Gasteiger partial charge on any atom is 0.253 e. The number of fused-ring (bicyclic) bond motifs is 1. The first-order chi connectivity index (χ1) is 12.4. The smallest absolute Gasteiger partial charge is 0.253 e. The number of sulfone groups is 1. The third-order valence-corrected chi connectivity index (χ3v) is 8.38. The summed E-state index contributed by atoms with van der Waals surface area (Å²) < 4.78 is 37.3. The van der Waals surface area contributed by atoms with Crippen LogP contribution in [-0.2, 0) is 21.1 Å². The molecule has 0 unspecified atom stereocenters. The van der Waals surface area contributed by atoms with Gasteiger partial charge in [0.25, 0.3) is 5.91 Å². The van der Waals surface area contributed by atoms with Gasteiger partial charge in [-0.25, -0.2) is 12.8 Å². The van der Waals surface area contributed by atoms with Gasteiger partial charge < -0.3 is 4.90 Å². The highest BCUT2D eigenvalue weighted by atomic mass is 32.2. The van der Waals surface area contributed by atoms with Crippen molar-refractivity contribution >= 4 is 49.7 Å². The van der Waals surface area contributed by atoms with Crippen LogP contribution in [0.4, 0.5) is 10.1 Å². The van der Waals surface area contributed by atoms with E-state index in [4.69, 9.17) is 0 Å². The van der Waals surface area contributed by atoms with E-state index in [2.05, 4.69) is 4.99 Å². The van der Waals surface area contributed by atoms with E-state index in [1.54, 1.807) is 17.0 Å². The normalized spacial score (nSPS) is 25.6. The Morgan fingerprint density at radius 2 is 2.00 bits per heavy atom. The van der Waals surface area contributed by atoms with Crippen LogP contribution in [-0.4, -0.2) is 42.3 Å². The van der Waals surface area contributed by atoms with Crippen molar-refractivity contribution in [1.29, 1.82) is 0 Å². The van der Waals surface area contributed by atoms with E-state index in [0.717, 1.165) is 4.88 Å². The summed E-state index contributed by atoms with van der Waals surface area (Å²) in [4.78, 5) is 19.3. The number of amides is 1. The van der Waals surface area contributed by atoms with Crippen LogP contribution in [0, 0.1) is 5.82 Å². The molecule has 2 fully saturated rings.